The largest absolute Gasteiger partial charge is 0.368 e. The van der Waals surface area contributed by atoms with Gasteiger partial charge >= 0.3 is 0 Å². The first-order valence-corrected chi connectivity index (χ1v) is 14.3. The standard InChI is InChI=1S/C34H35FN4O4/c1-20-18-27(25-10-6-11-26(29(25)35)39-32(41)21-13-15-22(16-14-21)34(2,3)4)38-31(30(20)40)36-23-8-5-9-24(19-23)37-33(42)28-12-7-17-43-28/h5-6,8-11,13-16,18-20,28H,7,12,17H2,1-4H3,(H,36,38)(H,37,42)(H,39,41). The van der Waals surface area contributed by atoms with Gasteiger partial charge in [0.1, 0.15) is 6.10 Å². The second-order valence-corrected chi connectivity index (χ2v) is 11.8. The van der Waals surface area contributed by atoms with Crippen LogP contribution in [-0.4, -0.2) is 36.1 Å². The number of Topliss-reactive ketones (excluding diaryl/α,β-unsaturated/α-hetero) is 1. The molecule has 3 N–H and O–H groups in total. The summed E-state index contributed by atoms with van der Waals surface area (Å²) in [5, 5.41) is 8.54. The van der Waals surface area contributed by atoms with Gasteiger partial charge in [-0.1, -0.05) is 52.0 Å². The Bertz CT molecular complexity index is 1620. The first-order valence-electron chi connectivity index (χ1n) is 14.3. The fraction of sp³-hybridized carbons (Fsp3) is 0.294. The van der Waals surface area contributed by atoms with E-state index in [9.17, 15) is 14.4 Å². The van der Waals surface area contributed by atoms with Crippen molar-refractivity contribution in [2.24, 2.45) is 10.9 Å². The van der Waals surface area contributed by atoms with Gasteiger partial charge in [-0.25, -0.2) is 9.38 Å². The maximum atomic E-state index is 15.8. The number of halogens is 1. The fourth-order valence-electron chi connectivity index (χ4n) is 4.94. The van der Waals surface area contributed by atoms with Crippen LogP contribution in [0.1, 0.15) is 62.0 Å². The minimum atomic E-state index is -0.656. The van der Waals surface area contributed by atoms with Crippen LogP contribution >= 0.6 is 0 Å². The van der Waals surface area contributed by atoms with Crippen LogP contribution in [0.25, 0.3) is 5.70 Å². The van der Waals surface area contributed by atoms with E-state index in [-0.39, 0.29) is 39.9 Å². The van der Waals surface area contributed by atoms with Crippen molar-refractivity contribution in [1.29, 1.82) is 0 Å². The van der Waals surface area contributed by atoms with E-state index in [1.54, 1.807) is 61.5 Å². The summed E-state index contributed by atoms with van der Waals surface area (Å²) in [6.45, 7) is 8.54. The SMILES string of the molecule is CC1C=C(c2cccc(NC(=O)c3ccc(C(C)(C)C)cc3)c2F)N=C(Nc2cccc(NC(=O)C3CCCO3)c2)C1=O. The Morgan fingerprint density at radius 3 is 2.40 bits per heavy atom. The maximum Gasteiger partial charge on any atom is 0.255 e. The van der Waals surface area contributed by atoms with Gasteiger partial charge in [0.2, 0.25) is 5.78 Å². The van der Waals surface area contributed by atoms with E-state index in [4.69, 9.17) is 4.74 Å². The van der Waals surface area contributed by atoms with E-state index in [1.165, 1.54) is 6.07 Å². The molecule has 3 aromatic carbocycles. The second-order valence-electron chi connectivity index (χ2n) is 11.8. The van der Waals surface area contributed by atoms with Gasteiger partial charge in [-0.05, 0) is 72.4 Å². The molecule has 5 rings (SSSR count). The van der Waals surface area contributed by atoms with Crippen molar-refractivity contribution < 1.29 is 23.5 Å². The maximum absolute atomic E-state index is 15.8. The van der Waals surface area contributed by atoms with Gasteiger partial charge in [-0.15, -0.1) is 0 Å². The summed E-state index contributed by atoms with van der Waals surface area (Å²) in [5.41, 5.74) is 2.93. The van der Waals surface area contributed by atoms with Gasteiger partial charge in [0.15, 0.2) is 11.7 Å². The van der Waals surface area contributed by atoms with Crippen molar-refractivity contribution in [1.82, 2.24) is 0 Å². The highest BCUT2D eigenvalue weighted by Crippen LogP contribution is 2.30. The third-order valence-electron chi connectivity index (χ3n) is 7.44. The summed E-state index contributed by atoms with van der Waals surface area (Å²) in [6.07, 6.45) is 2.64. The molecule has 2 aliphatic heterocycles. The number of ether oxygens (including phenoxy) is 1. The van der Waals surface area contributed by atoms with Crippen molar-refractivity contribution in [3.63, 3.8) is 0 Å². The summed E-state index contributed by atoms with van der Waals surface area (Å²) in [7, 11) is 0. The molecule has 9 heteroatoms. The lowest BCUT2D eigenvalue weighted by Crippen LogP contribution is -2.30. The molecule has 2 aliphatic rings. The van der Waals surface area contributed by atoms with E-state index < -0.39 is 23.7 Å². The lowest BCUT2D eigenvalue weighted by molar-refractivity contribution is -0.124. The average molecular weight is 583 g/mol. The third-order valence-corrected chi connectivity index (χ3v) is 7.44. The van der Waals surface area contributed by atoms with Gasteiger partial charge in [-0.2, -0.15) is 0 Å². The summed E-state index contributed by atoms with van der Waals surface area (Å²) >= 11 is 0. The normalized spacial score (nSPS) is 18.5. The zero-order chi connectivity index (χ0) is 30.7. The molecular formula is C34H35FN4O4. The smallest absolute Gasteiger partial charge is 0.255 e. The number of allylic oxidation sites excluding steroid dienone is 1. The molecule has 1 fully saturated rings. The van der Waals surface area contributed by atoms with Crippen LogP contribution < -0.4 is 16.0 Å². The first-order chi connectivity index (χ1) is 20.5. The van der Waals surface area contributed by atoms with Crippen LogP contribution in [0.4, 0.5) is 21.5 Å². The Morgan fingerprint density at radius 1 is 0.977 bits per heavy atom. The molecular weight excluding hydrogens is 547 g/mol. The van der Waals surface area contributed by atoms with E-state index in [0.717, 1.165) is 12.0 Å². The minimum Gasteiger partial charge on any atom is -0.368 e. The average Bonchev–Trinajstić information content (AvgIpc) is 3.52. The van der Waals surface area contributed by atoms with E-state index in [1.807, 2.05) is 12.1 Å². The molecule has 8 nitrogen and oxygen atoms in total. The summed E-state index contributed by atoms with van der Waals surface area (Å²) in [6, 6.07) is 18.8. The van der Waals surface area contributed by atoms with Crippen molar-refractivity contribution in [2.45, 2.75) is 52.1 Å². The first kappa shape index (κ1) is 29.8. The van der Waals surface area contributed by atoms with Crippen LogP contribution in [0.5, 0.6) is 0 Å². The zero-order valence-corrected chi connectivity index (χ0v) is 24.7. The molecule has 0 spiro atoms. The highest BCUT2D eigenvalue weighted by atomic mass is 19.1. The Hall–Kier alpha value is -4.63. The van der Waals surface area contributed by atoms with Gasteiger partial charge < -0.3 is 20.7 Å². The van der Waals surface area contributed by atoms with Crippen molar-refractivity contribution in [3.8, 4) is 0 Å². The summed E-state index contributed by atoms with van der Waals surface area (Å²) in [5.74, 6) is -2.10. The third kappa shape index (κ3) is 6.89. The van der Waals surface area contributed by atoms with Crippen molar-refractivity contribution in [3.05, 3.63) is 95.3 Å². The van der Waals surface area contributed by atoms with Crippen LogP contribution in [-0.2, 0) is 19.7 Å². The summed E-state index contributed by atoms with van der Waals surface area (Å²) < 4.78 is 21.2. The quantitative estimate of drug-likeness (QED) is 0.305. The number of ketones is 1. The number of amides is 2. The number of carbonyl (C=O) groups is 3. The zero-order valence-electron chi connectivity index (χ0n) is 24.7. The number of amidine groups is 1. The molecule has 2 atom stereocenters. The van der Waals surface area contributed by atoms with Crippen molar-refractivity contribution in [2.75, 3.05) is 22.6 Å². The van der Waals surface area contributed by atoms with Crippen LogP contribution in [0.2, 0.25) is 0 Å². The number of hydrogen-bond donors (Lipinski definition) is 3. The Labute approximate surface area is 250 Å². The fourth-order valence-corrected chi connectivity index (χ4v) is 4.94. The Balaban J connectivity index is 1.34. The Morgan fingerprint density at radius 2 is 1.70 bits per heavy atom. The molecule has 3 aromatic rings. The molecule has 0 aromatic heterocycles. The molecule has 2 unspecified atom stereocenters. The number of nitrogens with zero attached hydrogens (tertiary/aromatic N) is 1. The van der Waals surface area contributed by atoms with E-state index in [2.05, 4.69) is 41.7 Å². The number of hydrogen-bond acceptors (Lipinski definition) is 6. The molecule has 2 amide bonds. The molecule has 0 aliphatic carbocycles. The topological polar surface area (TPSA) is 109 Å². The number of benzene rings is 3. The molecule has 0 saturated carbocycles. The lowest BCUT2D eigenvalue weighted by Gasteiger charge is -2.20. The lowest BCUT2D eigenvalue weighted by atomic mass is 9.87. The molecule has 0 radical (unpaired) electrons. The van der Waals surface area contributed by atoms with E-state index in [0.29, 0.717) is 30.0 Å². The van der Waals surface area contributed by atoms with Crippen LogP contribution in [0.3, 0.4) is 0 Å². The highest BCUT2D eigenvalue weighted by molar-refractivity contribution is 6.45. The van der Waals surface area contributed by atoms with Crippen LogP contribution in [0.15, 0.2) is 77.8 Å². The molecule has 2 heterocycles. The molecule has 222 valence electrons. The van der Waals surface area contributed by atoms with Gasteiger partial charge in [-0.3, -0.25) is 14.4 Å². The number of rotatable bonds is 6. The Kier molecular flexibility index (Phi) is 8.54. The van der Waals surface area contributed by atoms with Gasteiger partial charge in [0.05, 0.1) is 11.4 Å². The number of aliphatic imine (C=N–C) groups is 1. The van der Waals surface area contributed by atoms with E-state index >= 15 is 4.39 Å². The molecule has 43 heavy (non-hydrogen) atoms. The molecule has 0 bridgehead atoms. The number of nitrogens with one attached hydrogen (secondary N) is 3. The monoisotopic (exact) mass is 582 g/mol. The second kappa shape index (κ2) is 12.3. The minimum absolute atomic E-state index is 0.00671. The predicted octanol–water partition coefficient (Wildman–Crippen LogP) is 6.56. The van der Waals surface area contributed by atoms with Gasteiger partial charge in [0.25, 0.3) is 11.8 Å². The highest BCUT2D eigenvalue weighted by Gasteiger charge is 2.27. The number of carbonyl (C=O) groups excluding carboxylic acids is 3. The predicted molar refractivity (Wildman–Crippen MR) is 167 cm³/mol. The number of anilines is 3. The van der Waals surface area contributed by atoms with Crippen LogP contribution in [0, 0.1) is 11.7 Å². The summed E-state index contributed by atoms with van der Waals surface area (Å²) in [4.78, 5) is 42.9. The van der Waals surface area contributed by atoms with Crippen molar-refractivity contribution >= 4 is 46.2 Å². The molecule has 1 saturated heterocycles. The van der Waals surface area contributed by atoms with Gasteiger partial charge in [0, 0.05) is 35.0 Å².